The largest absolute Gasteiger partial charge is 0.453 e. The molecule has 3 aliphatic carbocycles. The summed E-state index contributed by atoms with van der Waals surface area (Å²) in [6.45, 7) is 4.77. The summed E-state index contributed by atoms with van der Waals surface area (Å²) >= 11 is 0. The van der Waals surface area contributed by atoms with Gasteiger partial charge >= 0.3 is 6.09 Å². The van der Waals surface area contributed by atoms with Gasteiger partial charge in [-0.2, -0.15) is 10.2 Å². The first kappa shape index (κ1) is 36.0. The Labute approximate surface area is 306 Å². The number of hydrogen-bond donors (Lipinski definition) is 3. The van der Waals surface area contributed by atoms with Crippen LogP contribution in [0.2, 0.25) is 0 Å². The Balaban J connectivity index is 1.13. The number of carbonyl (C=O) groups is 4. The lowest BCUT2D eigenvalue weighted by atomic mass is 9.66. The van der Waals surface area contributed by atoms with Crippen LogP contribution in [0, 0.1) is 29.1 Å². The number of hydrogen-bond acceptors (Lipinski definition) is 8. The fourth-order valence-electron chi connectivity index (χ4n) is 9.11. The average Bonchev–Trinajstić information content (AvgIpc) is 3.38. The van der Waals surface area contributed by atoms with Crippen molar-refractivity contribution in [2.45, 2.75) is 95.2 Å². The lowest BCUT2D eigenvalue weighted by Gasteiger charge is -2.42. The van der Waals surface area contributed by atoms with Crippen molar-refractivity contribution in [3.05, 3.63) is 47.8 Å². The first-order chi connectivity index (χ1) is 24.9. The van der Waals surface area contributed by atoms with Gasteiger partial charge in [0.2, 0.25) is 17.7 Å². The number of benzene rings is 1. The van der Waals surface area contributed by atoms with E-state index in [1.165, 1.54) is 7.11 Å². The Bertz CT molecular complexity index is 1680. The van der Waals surface area contributed by atoms with E-state index in [1.807, 2.05) is 50.6 Å². The van der Waals surface area contributed by atoms with Crippen molar-refractivity contribution in [1.29, 1.82) is 0 Å². The van der Waals surface area contributed by atoms with Crippen molar-refractivity contribution in [3.63, 3.8) is 0 Å². The number of nitrogens with one attached hydrogen (secondary N) is 3. The summed E-state index contributed by atoms with van der Waals surface area (Å²) in [5.74, 6) is 0.109. The van der Waals surface area contributed by atoms with Crippen molar-refractivity contribution < 1.29 is 23.9 Å². The van der Waals surface area contributed by atoms with E-state index in [-0.39, 0.29) is 47.6 Å². The summed E-state index contributed by atoms with van der Waals surface area (Å²) in [4.78, 5) is 56.8. The normalized spacial score (nSPS) is 26.9. The first-order valence-corrected chi connectivity index (χ1v) is 19.0. The van der Waals surface area contributed by atoms with Gasteiger partial charge in [0.05, 0.1) is 24.8 Å². The van der Waals surface area contributed by atoms with Gasteiger partial charge in [-0.3, -0.25) is 24.1 Å². The molecule has 1 aromatic carbocycles. The fourth-order valence-corrected chi connectivity index (χ4v) is 9.11. The lowest BCUT2D eigenvalue weighted by molar-refractivity contribution is -0.132. The molecule has 5 aliphatic rings. The zero-order chi connectivity index (χ0) is 36.8. The zero-order valence-corrected chi connectivity index (χ0v) is 31.1. The number of nitrogens with zero attached hydrogens (tertiary/aromatic N) is 5. The summed E-state index contributed by atoms with van der Waals surface area (Å²) in [5.41, 5.74) is 1.31. The highest BCUT2D eigenvalue weighted by Crippen LogP contribution is 2.58. The Hall–Kier alpha value is -4.42. The van der Waals surface area contributed by atoms with Gasteiger partial charge in [-0.05, 0) is 73.0 Å². The summed E-state index contributed by atoms with van der Waals surface area (Å²) < 4.78 is 6.80. The number of aromatic nitrogens is 2. The highest BCUT2D eigenvalue weighted by atomic mass is 16.5. The molecule has 3 saturated carbocycles. The Morgan fingerprint density at radius 1 is 0.962 bits per heavy atom. The second kappa shape index (κ2) is 14.2. The molecular formula is C39H54N8O5. The van der Waals surface area contributed by atoms with Gasteiger partial charge in [-0.15, -0.1) is 0 Å². The molecule has 4 fully saturated rings. The molecule has 0 spiro atoms. The minimum Gasteiger partial charge on any atom is -0.453 e. The SMILES string of the molecule is COC(=O)N1CCC(C(=O)NC(c2cnn(C)c2)C2CCC2)(c2ccc(NC(=O)[C@@H](NC(=O)C3C(C)C=NN3C)C(C3CCC3)C3(C)CC3)cc2)C1. The maximum absolute atomic E-state index is 14.5. The van der Waals surface area contributed by atoms with Crippen molar-refractivity contribution in [2.75, 3.05) is 32.6 Å². The maximum atomic E-state index is 14.5. The molecule has 7 rings (SSSR count). The van der Waals surface area contributed by atoms with Crippen LogP contribution < -0.4 is 16.0 Å². The number of rotatable bonds is 12. The van der Waals surface area contributed by atoms with E-state index in [9.17, 15) is 19.2 Å². The first-order valence-electron chi connectivity index (χ1n) is 19.0. The predicted molar refractivity (Wildman–Crippen MR) is 196 cm³/mol. The summed E-state index contributed by atoms with van der Waals surface area (Å²) in [6, 6.07) is 6.06. The number of likely N-dealkylation sites (N-methyl/N-ethyl adjacent to an activating group) is 1. The molecule has 4 amide bonds. The van der Waals surface area contributed by atoms with Crippen LogP contribution >= 0.6 is 0 Å². The fraction of sp³-hybridized carbons (Fsp3) is 0.641. The van der Waals surface area contributed by atoms with E-state index in [0.717, 1.165) is 62.5 Å². The third-order valence-electron chi connectivity index (χ3n) is 12.9. The van der Waals surface area contributed by atoms with Crippen LogP contribution in [0.3, 0.4) is 0 Å². The predicted octanol–water partition coefficient (Wildman–Crippen LogP) is 4.36. The van der Waals surface area contributed by atoms with Crippen molar-refractivity contribution in [2.24, 2.45) is 41.2 Å². The summed E-state index contributed by atoms with van der Waals surface area (Å²) in [7, 11) is 5.01. The summed E-state index contributed by atoms with van der Waals surface area (Å²) in [5, 5.41) is 20.1. The number of amides is 4. The van der Waals surface area contributed by atoms with Gasteiger partial charge < -0.3 is 25.6 Å². The molecule has 3 heterocycles. The van der Waals surface area contributed by atoms with Crippen LogP contribution in [0.1, 0.15) is 88.8 Å². The number of likely N-dealkylation sites (tertiary alicyclic amines) is 1. The lowest BCUT2D eigenvalue weighted by Crippen LogP contribution is -2.57. The monoisotopic (exact) mass is 714 g/mol. The van der Waals surface area contributed by atoms with E-state index in [1.54, 1.807) is 27.9 Å². The van der Waals surface area contributed by atoms with E-state index >= 15 is 0 Å². The second-order valence-electron chi connectivity index (χ2n) is 16.4. The molecule has 1 aromatic heterocycles. The van der Waals surface area contributed by atoms with Crippen LogP contribution in [0.15, 0.2) is 41.8 Å². The quantitative estimate of drug-likeness (QED) is 0.296. The third kappa shape index (κ3) is 6.78. The number of ether oxygens (including phenoxy) is 1. The van der Waals surface area contributed by atoms with Gasteiger partial charge in [0.1, 0.15) is 12.1 Å². The summed E-state index contributed by atoms with van der Waals surface area (Å²) in [6.07, 6.45) is 14.0. The minimum absolute atomic E-state index is 0.00874. The van der Waals surface area contributed by atoms with Gasteiger partial charge in [-0.25, -0.2) is 4.79 Å². The van der Waals surface area contributed by atoms with Crippen molar-refractivity contribution in [3.8, 4) is 0 Å². The van der Waals surface area contributed by atoms with E-state index in [4.69, 9.17) is 4.74 Å². The van der Waals surface area contributed by atoms with Gasteiger partial charge in [0.15, 0.2) is 0 Å². The molecule has 5 unspecified atom stereocenters. The van der Waals surface area contributed by atoms with Crippen LogP contribution in [0.5, 0.6) is 0 Å². The van der Waals surface area contributed by atoms with E-state index in [2.05, 4.69) is 33.1 Å². The van der Waals surface area contributed by atoms with E-state index in [0.29, 0.717) is 30.5 Å². The molecule has 0 radical (unpaired) electrons. The molecule has 280 valence electrons. The highest BCUT2D eigenvalue weighted by Gasteiger charge is 2.55. The Morgan fingerprint density at radius 3 is 2.19 bits per heavy atom. The second-order valence-corrected chi connectivity index (χ2v) is 16.4. The van der Waals surface area contributed by atoms with Crippen molar-refractivity contribution >= 4 is 35.7 Å². The highest BCUT2D eigenvalue weighted by molar-refractivity contribution is 5.99. The molecule has 13 nitrogen and oxygen atoms in total. The molecule has 0 bridgehead atoms. The smallest absolute Gasteiger partial charge is 0.409 e. The average molecular weight is 715 g/mol. The zero-order valence-electron chi connectivity index (χ0n) is 31.1. The Morgan fingerprint density at radius 2 is 1.65 bits per heavy atom. The molecule has 3 N–H and O–H groups in total. The third-order valence-corrected chi connectivity index (χ3v) is 12.9. The number of methoxy groups -OCH3 is 1. The molecule has 1 saturated heterocycles. The van der Waals surface area contributed by atoms with Crippen LogP contribution in [0.4, 0.5) is 10.5 Å². The molecular weight excluding hydrogens is 660 g/mol. The topological polar surface area (TPSA) is 150 Å². The number of aryl methyl sites for hydroxylation is 1. The maximum Gasteiger partial charge on any atom is 0.409 e. The minimum atomic E-state index is -1.01. The molecule has 6 atom stereocenters. The van der Waals surface area contributed by atoms with Crippen LogP contribution in [-0.4, -0.2) is 89.0 Å². The molecule has 13 heteroatoms. The van der Waals surface area contributed by atoms with Gasteiger partial charge in [0.25, 0.3) is 0 Å². The number of carbonyl (C=O) groups excluding carboxylic acids is 4. The van der Waals surface area contributed by atoms with Gasteiger partial charge in [0, 0.05) is 56.8 Å². The van der Waals surface area contributed by atoms with E-state index < -0.39 is 23.6 Å². The molecule has 52 heavy (non-hydrogen) atoms. The van der Waals surface area contributed by atoms with Gasteiger partial charge in [-0.1, -0.05) is 51.7 Å². The Kier molecular flexibility index (Phi) is 9.81. The molecule has 2 aromatic rings. The molecule has 2 aliphatic heterocycles. The standard InChI is InChI=1S/C39H54N8O5/c1-24-20-41-46(4)33(24)35(49)43-32(30(25-8-6-9-25)38(2)16-17-38)34(48)42-29-14-12-28(13-15-29)39(18-19-47(23-39)37(51)52-5)36(50)44-31(26-10-7-11-26)27-21-40-45(3)22-27/h12-15,20-22,24-26,30-33H,6-11,16-19,23H2,1-5H3,(H,42,48)(H,43,49)(H,44,50)/t24?,30?,31?,32-,33?,39?/m0/s1. The van der Waals surface area contributed by atoms with Crippen molar-refractivity contribution in [1.82, 2.24) is 30.3 Å². The number of anilines is 1. The number of hydrazone groups is 1. The van der Waals surface area contributed by atoms with Crippen LogP contribution in [-0.2, 0) is 31.6 Å². The van der Waals surface area contributed by atoms with Crippen LogP contribution in [0.25, 0.3) is 0 Å².